The van der Waals surface area contributed by atoms with Crippen LogP contribution in [0.1, 0.15) is 6.92 Å². The van der Waals surface area contributed by atoms with Crippen molar-refractivity contribution >= 4 is 45.2 Å². The number of alkyl halides is 2. The Morgan fingerprint density at radius 2 is 1.33 bits per heavy atom. The van der Waals surface area contributed by atoms with Crippen molar-refractivity contribution in [1.82, 2.24) is 0 Å². The molecule has 3 atom stereocenters. The molecule has 0 aliphatic heterocycles. The van der Waals surface area contributed by atoms with Gasteiger partial charge in [0.15, 0.2) is 0 Å². The maximum atomic E-state index is 2.50. The minimum atomic E-state index is 0.975. The molecule has 1 aliphatic carbocycles. The van der Waals surface area contributed by atoms with E-state index in [9.17, 15) is 0 Å². The fourth-order valence-electron chi connectivity index (χ4n) is 0.368. The molecular formula is C4H6I2. The van der Waals surface area contributed by atoms with Crippen LogP contribution < -0.4 is 0 Å². The Morgan fingerprint density at radius 3 is 1.33 bits per heavy atom. The van der Waals surface area contributed by atoms with Gasteiger partial charge in [0, 0.05) is 7.85 Å². The summed E-state index contributed by atoms with van der Waals surface area (Å²) in [5.41, 5.74) is 0. The van der Waals surface area contributed by atoms with Crippen molar-refractivity contribution in [2.75, 3.05) is 0 Å². The third-order valence-corrected chi connectivity index (χ3v) is 6.36. The first-order valence-electron chi connectivity index (χ1n) is 2.01. The topological polar surface area (TPSA) is 0 Å². The summed E-state index contributed by atoms with van der Waals surface area (Å²) < 4.78 is 1.95. The quantitative estimate of drug-likeness (QED) is 0.476. The van der Waals surface area contributed by atoms with Crippen LogP contribution in [0.2, 0.25) is 0 Å². The maximum Gasteiger partial charge on any atom is 0.0266 e. The molecule has 0 bridgehead atoms. The monoisotopic (exact) mass is 308 g/mol. The SMILES string of the molecule is CC1[C@@H](I)[C@H]1I. The van der Waals surface area contributed by atoms with E-state index >= 15 is 0 Å². The lowest BCUT2D eigenvalue weighted by Crippen LogP contribution is -1.61. The van der Waals surface area contributed by atoms with Gasteiger partial charge in [-0.1, -0.05) is 52.1 Å². The van der Waals surface area contributed by atoms with Crippen LogP contribution in [0.5, 0.6) is 0 Å². The Balaban J connectivity index is 2.31. The average Bonchev–Trinajstić information content (AvgIpc) is 1.94. The molecule has 0 amide bonds. The first kappa shape index (κ1) is 5.59. The highest BCUT2D eigenvalue weighted by molar-refractivity contribution is 14.1. The second-order valence-electron chi connectivity index (χ2n) is 1.75. The fraction of sp³-hybridized carbons (Fsp3) is 1.00. The number of hydrogen-bond donors (Lipinski definition) is 0. The van der Waals surface area contributed by atoms with E-state index in [1.54, 1.807) is 0 Å². The summed E-state index contributed by atoms with van der Waals surface area (Å²) >= 11 is 5.00. The number of hydrogen-bond acceptors (Lipinski definition) is 0. The lowest BCUT2D eigenvalue weighted by molar-refractivity contribution is 1.01. The summed E-state index contributed by atoms with van der Waals surface area (Å²) in [5, 5.41) is 0. The van der Waals surface area contributed by atoms with E-state index in [4.69, 9.17) is 0 Å². The van der Waals surface area contributed by atoms with Crippen molar-refractivity contribution in [3.05, 3.63) is 0 Å². The van der Waals surface area contributed by atoms with Crippen molar-refractivity contribution in [3.8, 4) is 0 Å². The smallest absolute Gasteiger partial charge is 0.0266 e. The zero-order valence-corrected chi connectivity index (χ0v) is 7.80. The molecule has 1 saturated carbocycles. The third-order valence-electron chi connectivity index (χ3n) is 1.17. The van der Waals surface area contributed by atoms with Crippen LogP contribution in [0.3, 0.4) is 0 Å². The largest absolute Gasteiger partial charge is 0.0811 e. The molecule has 36 valence electrons. The van der Waals surface area contributed by atoms with Gasteiger partial charge in [0.05, 0.1) is 0 Å². The van der Waals surface area contributed by atoms with Crippen LogP contribution in [-0.2, 0) is 0 Å². The summed E-state index contributed by atoms with van der Waals surface area (Å²) in [5.74, 6) is 0.992. The minimum absolute atomic E-state index is 0.975. The molecule has 2 heteroatoms. The van der Waals surface area contributed by atoms with Gasteiger partial charge in [0.25, 0.3) is 0 Å². The van der Waals surface area contributed by atoms with Gasteiger partial charge in [-0.2, -0.15) is 0 Å². The van der Waals surface area contributed by atoms with Crippen LogP contribution in [-0.4, -0.2) is 7.85 Å². The molecule has 0 radical (unpaired) electrons. The molecule has 1 rings (SSSR count). The second-order valence-corrected chi connectivity index (χ2v) is 4.62. The zero-order chi connectivity index (χ0) is 4.73. The molecule has 6 heavy (non-hydrogen) atoms. The van der Waals surface area contributed by atoms with Crippen LogP contribution in [0.4, 0.5) is 0 Å². The van der Waals surface area contributed by atoms with Gasteiger partial charge in [-0.3, -0.25) is 0 Å². The molecule has 0 spiro atoms. The van der Waals surface area contributed by atoms with Gasteiger partial charge < -0.3 is 0 Å². The Bertz CT molecular complexity index is 42.3. The molecule has 0 saturated heterocycles. The highest BCUT2D eigenvalue weighted by Gasteiger charge is 2.42. The third kappa shape index (κ3) is 0.827. The van der Waals surface area contributed by atoms with Crippen LogP contribution in [0.15, 0.2) is 0 Å². The van der Waals surface area contributed by atoms with E-state index in [0.717, 1.165) is 13.8 Å². The summed E-state index contributed by atoms with van der Waals surface area (Å²) in [6.07, 6.45) is 0. The van der Waals surface area contributed by atoms with Crippen molar-refractivity contribution in [2.45, 2.75) is 14.8 Å². The molecule has 0 nitrogen and oxygen atoms in total. The minimum Gasteiger partial charge on any atom is -0.0811 e. The van der Waals surface area contributed by atoms with Gasteiger partial charge in [0.1, 0.15) is 0 Å². The molecule has 0 N–H and O–H groups in total. The predicted octanol–water partition coefficient (Wildman–Crippen LogP) is 2.24. The molecular weight excluding hydrogens is 302 g/mol. The van der Waals surface area contributed by atoms with E-state index in [0.29, 0.717) is 0 Å². The Labute approximate surface area is 65.4 Å². The van der Waals surface area contributed by atoms with Crippen LogP contribution in [0, 0.1) is 5.92 Å². The summed E-state index contributed by atoms with van der Waals surface area (Å²) in [7, 11) is 0. The van der Waals surface area contributed by atoms with Crippen molar-refractivity contribution in [1.29, 1.82) is 0 Å². The average molecular weight is 308 g/mol. The lowest BCUT2D eigenvalue weighted by atomic mass is 10.5. The second kappa shape index (κ2) is 1.76. The molecule has 1 unspecified atom stereocenters. The standard InChI is InChI=1S/C4H6I2/c1-2-3(5)4(2)6/h2-4H,1H3/t2?,3-,4+. The highest BCUT2D eigenvalue weighted by Crippen LogP contribution is 2.44. The predicted molar refractivity (Wildman–Crippen MR) is 44.8 cm³/mol. The molecule has 0 heterocycles. The molecule has 0 aromatic heterocycles. The summed E-state index contributed by atoms with van der Waals surface area (Å²) in [6.45, 7) is 2.30. The van der Waals surface area contributed by atoms with E-state index in [-0.39, 0.29) is 0 Å². The van der Waals surface area contributed by atoms with E-state index in [2.05, 4.69) is 52.1 Å². The normalized spacial score (nSPS) is 55.5. The molecule has 0 aromatic rings. The van der Waals surface area contributed by atoms with E-state index < -0.39 is 0 Å². The highest BCUT2D eigenvalue weighted by atomic mass is 127. The fourth-order valence-corrected chi connectivity index (χ4v) is 2.89. The zero-order valence-electron chi connectivity index (χ0n) is 3.49. The number of halogens is 2. The van der Waals surface area contributed by atoms with Gasteiger partial charge in [-0.05, 0) is 5.92 Å². The van der Waals surface area contributed by atoms with E-state index in [1.807, 2.05) is 0 Å². The molecule has 1 fully saturated rings. The van der Waals surface area contributed by atoms with Crippen molar-refractivity contribution in [3.63, 3.8) is 0 Å². The maximum absolute atomic E-state index is 2.50. The van der Waals surface area contributed by atoms with Crippen LogP contribution in [0.25, 0.3) is 0 Å². The Hall–Kier alpha value is 1.46. The number of rotatable bonds is 0. The molecule has 0 aromatic carbocycles. The van der Waals surface area contributed by atoms with Gasteiger partial charge >= 0.3 is 0 Å². The first-order valence-corrected chi connectivity index (χ1v) is 4.51. The summed E-state index contributed by atoms with van der Waals surface area (Å²) in [6, 6.07) is 0. The van der Waals surface area contributed by atoms with Crippen molar-refractivity contribution in [2.24, 2.45) is 5.92 Å². The summed E-state index contributed by atoms with van der Waals surface area (Å²) in [4.78, 5) is 0. The van der Waals surface area contributed by atoms with Gasteiger partial charge in [0.2, 0.25) is 0 Å². The van der Waals surface area contributed by atoms with Gasteiger partial charge in [-0.15, -0.1) is 0 Å². The van der Waals surface area contributed by atoms with E-state index in [1.165, 1.54) is 0 Å². The molecule has 1 aliphatic rings. The van der Waals surface area contributed by atoms with Crippen LogP contribution >= 0.6 is 45.2 Å². The Kier molecular flexibility index (Phi) is 1.64. The first-order chi connectivity index (χ1) is 2.73. The van der Waals surface area contributed by atoms with Crippen molar-refractivity contribution < 1.29 is 0 Å². The lowest BCUT2D eigenvalue weighted by Gasteiger charge is -1.64. The Morgan fingerprint density at radius 1 is 1.17 bits per heavy atom. The van der Waals surface area contributed by atoms with Gasteiger partial charge in [-0.25, -0.2) is 0 Å².